The highest BCUT2D eigenvalue weighted by Crippen LogP contribution is 2.60. The van der Waals surface area contributed by atoms with Crippen molar-refractivity contribution < 1.29 is 14.3 Å². The minimum Gasteiger partial charge on any atom is -0.467 e. The van der Waals surface area contributed by atoms with E-state index in [1.54, 1.807) is 0 Å². The fourth-order valence-corrected chi connectivity index (χ4v) is 3.66. The van der Waals surface area contributed by atoms with Gasteiger partial charge in [0.25, 0.3) is 0 Å². The normalized spacial score (nSPS) is 34.7. The second-order valence-electron chi connectivity index (χ2n) is 6.25. The Labute approximate surface area is 114 Å². The molecule has 0 aliphatic heterocycles. The van der Waals surface area contributed by atoms with E-state index in [1.165, 1.54) is 20.6 Å². The molecule has 0 saturated heterocycles. The van der Waals surface area contributed by atoms with E-state index in [1.807, 2.05) is 0 Å². The van der Waals surface area contributed by atoms with Gasteiger partial charge < -0.3 is 9.47 Å². The van der Waals surface area contributed by atoms with Crippen LogP contribution < -0.4 is 0 Å². The lowest BCUT2D eigenvalue weighted by atomic mass is 9.71. The van der Waals surface area contributed by atoms with E-state index in [0.29, 0.717) is 5.92 Å². The molecule has 5 heteroatoms. The zero-order chi connectivity index (χ0) is 14.3. The maximum Gasteiger partial charge on any atom is 0.437 e. The molecule has 0 heterocycles. The van der Waals surface area contributed by atoms with Gasteiger partial charge in [0.05, 0.1) is 14.2 Å². The molecule has 0 radical (unpaired) electrons. The molecule has 2 saturated carbocycles. The first-order chi connectivity index (χ1) is 8.83. The molecule has 0 spiro atoms. The number of carbonyl (C=O) groups is 1. The molecule has 2 bridgehead atoms. The molecule has 19 heavy (non-hydrogen) atoms. The number of hydrogen-bond donors (Lipinski definition) is 0. The number of fused-ring (bicyclic) bond motifs is 2. The van der Waals surface area contributed by atoms with Crippen LogP contribution in [0, 0.1) is 16.7 Å². The summed E-state index contributed by atoms with van der Waals surface area (Å²) in [4.78, 5) is 19.4. The van der Waals surface area contributed by atoms with Gasteiger partial charge in [-0.25, -0.2) is 9.79 Å². The number of nitrogens with zero attached hydrogens (tertiary/aromatic N) is 2. The molecular weight excluding hydrogens is 244 g/mol. The van der Waals surface area contributed by atoms with Crippen molar-refractivity contribution in [2.45, 2.75) is 40.0 Å². The van der Waals surface area contributed by atoms with Crippen LogP contribution in [-0.2, 0) is 9.47 Å². The topological polar surface area (TPSA) is 60.2 Å². The molecule has 2 aliphatic carbocycles. The van der Waals surface area contributed by atoms with Gasteiger partial charge in [-0.2, -0.15) is 0 Å². The number of carbonyl (C=O) groups excluding carboxylic acids is 1. The number of rotatable bonds is 0. The second-order valence-corrected chi connectivity index (χ2v) is 6.25. The highest BCUT2D eigenvalue weighted by atomic mass is 16.5. The minimum absolute atomic E-state index is 0.0441. The van der Waals surface area contributed by atoms with Crippen molar-refractivity contribution in [3.05, 3.63) is 0 Å². The van der Waals surface area contributed by atoms with Gasteiger partial charge in [-0.05, 0) is 25.2 Å². The van der Waals surface area contributed by atoms with Crippen molar-refractivity contribution in [1.82, 2.24) is 0 Å². The average Bonchev–Trinajstić information content (AvgIpc) is 2.83. The average molecular weight is 266 g/mol. The third-order valence-electron chi connectivity index (χ3n) is 4.70. The molecule has 2 rings (SSSR count). The van der Waals surface area contributed by atoms with Crippen LogP contribution in [0.15, 0.2) is 9.98 Å². The number of amidine groups is 1. The Hall–Kier alpha value is -1.39. The Morgan fingerprint density at radius 2 is 1.95 bits per heavy atom. The number of hydrogen-bond acceptors (Lipinski definition) is 3. The lowest BCUT2D eigenvalue weighted by Gasteiger charge is -2.35. The van der Waals surface area contributed by atoms with Crippen LogP contribution in [0.5, 0.6) is 0 Å². The summed E-state index contributed by atoms with van der Waals surface area (Å²) in [6.07, 6.45) is 2.87. The Morgan fingerprint density at radius 3 is 2.42 bits per heavy atom. The first kappa shape index (κ1) is 14.0. The highest BCUT2D eigenvalue weighted by Gasteiger charge is 2.57. The lowest BCUT2D eigenvalue weighted by Crippen LogP contribution is -2.36. The van der Waals surface area contributed by atoms with Gasteiger partial charge in [-0.3, -0.25) is 0 Å². The summed E-state index contributed by atoms with van der Waals surface area (Å²) in [5.41, 5.74) is 1.26. The SMILES string of the molecule is COC(=O)/N=C(/N=C1\C2(C)CCC(C2)C1(C)C)OC. The summed E-state index contributed by atoms with van der Waals surface area (Å²) >= 11 is 0. The molecule has 0 aromatic rings. The fourth-order valence-electron chi connectivity index (χ4n) is 3.66. The highest BCUT2D eigenvalue weighted by molar-refractivity contribution is 6.05. The smallest absolute Gasteiger partial charge is 0.437 e. The summed E-state index contributed by atoms with van der Waals surface area (Å²) in [6, 6.07) is 0.0868. The van der Waals surface area contributed by atoms with Gasteiger partial charge in [-0.1, -0.05) is 20.8 Å². The van der Waals surface area contributed by atoms with Crippen LogP contribution in [0.4, 0.5) is 4.79 Å². The monoisotopic (exact) mass is 266 g/mol. The van der Waals surface area contributed by atoms with Crippen LogP contribution >= 0.6 is 0 Å². The lowest BCUT2D eigenvalue weighted by molar-refractivity contribution is 0.181. The Kier molecular flexibility index (Phi) is 3.41. The number of methoxy groups -OCH3 is 2. The molecule has 106 valence electrons. The molecule has 1 amide bonds. The maximum absolute atomic E-state index is 11.2. The largest absolute Gasteiger partial charge is 0.467 e. The van der Waals surface area contributed by atoms with E-state index in [4.69, 9.17) is 4.74 Å². The van der Waals surface area contributed by atoms with E-state index in [9.17, 15) is 4.79 Å². The van der Waals surface area contributed by atoms with E-state index >= 15 is 0 Å². The van der Waals surface area contributed by atoms with Gasteiger partial charge in [0.2, 0.25) is 0 Å². The molecule has 2 fully saturated rings. The molecule has 2 unspecified atom stereocenters. The first-order valence-electron chi connectivity index (χ1n) is 6.64. The van der Waals surface area contributed by atoms with E-state index < -0.39 is 6.09 Å². The zero-order valence-corrected chi connectivity index (χ0v) is 12.3. The third-order valence-corrected chi connectivity index (χ3v) is 4.70. The van der Waals surface area contributed by atoms with Gasteiger partial charge in [0, 0.05) is 16.5 Å². The Bertz CT molecular complexity index is 447. The second kappa shape index (κ2) is 4.62. The summed E-state index contributed by atoms with van der Waals surface area (Å²) in [5, 5.41) is 0. The van der Waals surface area contributed by atoms with E-state index in [-0.39, 0.29) is 16.9 Å². The maximum atomic E-state index is 11.2. The van der Waals surface area contributed by atoms with Crippen molar-refractivity contribution >= 4 is 17.8 Å². The fraction of sp³-hybridized carbons (Fsp3) is 0.786. The van der Waals surface area contributed by atoms with Crippen molar-refractivity contribution in [1.29, 1.82) is 0 Å². The predicted molar refractivity (Wildman–Crippen MR) is 73.5 cm³/mol. The Morgan fingerprint density at radius 1 is 1.26 bits per heavy atom. The van der Waals surface area contributed by atoms with Crippen LogP contribution in [-0.4, -0.2) is 32.0 Å². The number of amides is 1. The zero-order valence-electron chi connectivity index (χ0n) is 12.3. The molecule has 0 N–H and O–H groups in total. The molecule has 2 atom stereocenters. The summed E-state index contributed by atoms with van der Waals surface area (Å²) in [5.74, 6) is 0.660. The van der Waals surface area contributed by atoms with Gasteiger partial charge in [-0.15, -0.1) is 4.99 Å². The van der Waals surface area contributed by atoms with E-state index in [0.717, 1.165) is 18.6 Å². The van der Waals surface area contributed by atoms with Gasteiger partial charge in [0.1, 0.15) is 0 Å². The molecule has 0 aromatic carbocycles. The van der Waals surface area contributed by atoms with Crippen LogP contribution in [0.25, 0.3) is 0 Å². The van der Waals surface area contributed by atoms with Crippen molar-refractivity contribution in [2.24, 2.45) is 26.7 Å². The summed E-state index contributed by atoms with van der Waals surface area (Å²) < 4.78 is 9.60. The third kappa shape index (κ3) is 2.26. The molecular formula is C14H22N2O3. The van der Waals surface area contributed by atoms with Gasteiger partial charge >= 0.3 is 12.1 Å². The Balaban J connectivity index is 2.36. The van der Waals surface area contributed by atoms with Crippen molar-refractivity contribution in [2.75, 3.05) is 14.2 Å². The van der Waals surface area contributed by atoms with Crippen LogP contribution in [0.2, 0.25) is 0 Å². The summed E-state index contributed by atoms with van der Waals surface area (Å²) in [7, 11) is 2.75. The van der Waals surface area contributed by atoms with Gasteiger partial charge in [0.15, 0.2) is 0 Å². The standard InChI is InChI=1S/C14H22N2O3/c1-13(2)9-6-7-14(3,8-9)10(13)15-11(18-4)16-12(17)19-5/h9H,6-8H2,1-5H3/b15-10-,16-11-. The molecule has 2 aliphatic rings. The first-order valence-corrected chi connectivity index (χ1v) is 6.64. The molecule has 0 aromatic heterocycles. The molecule has 5 nitrogen and oxygen atoms in total. The van der Waals surface area contributed by atoms with Crippen LogP contribution in [0.1, 0.15) is 40.0 Å². The number of aliphatic imine (C=N–C) groups is 2. The quantitative estimate of drug-likeness (QED) is 0.500. The van der Waals surface area contributed by atoms with E-state index in [2.05, 4.69) is 35.5 Å². The van der Waals surface area contributed by atoms with Crippen LogP contribution in [0.3, 0.4) is 0 Å². The summed E-state index contributed by atoms with van der Waals surface area (Å²) in [6.45, 7) is 6.67. The van der Waals surface area contributed by atoms with Crippen molar-refractivity contribution in [3.8, 4) is 0 Å². The number of ether oxygens (including phenoxy) is 2. The predicted octanol–water partition coefficient (Wildman–Crippen LogP) is 3.04. The van der Waals surface area contributed by atoms with Crippen molar-refractivity contribution in [3.63, 3.8) is 0 Å². The minimum atomic E-state index is -0.688.